The third-order valence-corrected chi connectivity index (χ3v) is 8.40. The van der Waals surface area contributed by atoms with Crippen molar-refractivity contribution in [3.05, 3.63) is 97.1 Å². The van der Waals surface area contributed by atoms with Gasteiger partial charge < -0.3 is 14.2 Å². The molecule has 2 heterocycles. The highest BCUT2D eigenvalue weighted by atomic mass is 32.2. The standard InChI is InChI=1S/C30H28BNO2S/c1-29(2)30(3,4)34-31(33-29)23-17-18-26-28(20-23)35-27-16-9-8-15-25(27)32(26)24-14-10-13-22(19-24)21-11-6-5-7-12-21/h5-20H,1-4H3. The van der Waals surface area contributed by atoms with Crippen LogP contribution in [-0.2, 0) is 9.31 Å². The predicted molar refractivity (Wildman–Crippen MR) is 146 cm³/mol. The van der Waals surface area contributed by atoms with Gasteiger partial charge in [0.1, 0.15) is 0 Å². The van der Waals surface area contributed by atoms with E-state index in [1.807, 2.05) is 0 Å². The Morgan fingerprint density at radius 1 is 0.629 bits per heavy atom. The molecule has 0 atom stereocenters. The van der Waals surface area contributed by atoms with Gasteiger partial charge in [-0.25, -0.2) is 0 Å². The average molecular weight is 477 g/mol. The number of anilines is 3. The molecule has 0 amide bonds. The van der Waals surface area contributed by atoms with Gasteiger partial charge in [-0.1, -0.05) is 72.4 Å². The molecule has 0 spiro atoms. The van der Waals surface area contributed by atoms with E-state index in [1.165, 1.54) is 32.3 Å². The summed E-state index contributed by atoms with van der Waals surface area (Å²) in [5, 5.41) is 0. The van der Waals surface area contributed by atoms with Crippen molar-refractivity contribution in [3.8, 4) is 11.1 Å². The van der Waals surface area contributed by atoms with Crippen molar-refractivity contribution in [1.82, 2.24) is 0 Å². The molecule has 0 N–H and O–H groups in total. The maximum absolute atomic E-state index is 6.34. The Morgan fingerprint density at radius 3 is 2.06 bits per heavy atom. The summed E-state index contributed by atoms with van der Waals surface area (Å²) in [6, 6.07) is 34.5. The first-order valence-electron chi connectivity index (χ1n) is 12.0. The number of fused-ring (bicyclic) bond motifs is 2. The van der Waals surface area contributed by atoms with E-state index in [-0.39, 0.29) is 18.3 Å². The van der Waals surface area contributed by atoms with Crippen molar-refractivity contribution in [2.45, 2.75) is 48.7 Å². The smallest absolute Gasteiger partial charge is 0.399 e. The largest absolute Gasteiger partial charge is 0.494 e. The minimum Gasteiger partial charge on any atom is -0.399 e. The molecule has 0 saturated carbocycles. The monoisotopic (exact) mass is 477 g/mol. The fourth-order valence-electron chi connectivity index (χ4n) is 4.63. The quantitative estimate of drug-likeness (QED) is 0.250. The Kier molecular flexibility index (Phi) is 5.33. The molecule has 0 radical (unpaired) electrons. The molecule has 3 nitrogen and oxygen atoms in total. The summed E-state index contributed by atoms with van der Waals surface area (Å²) in [5.41, 5.74) is 6.24. The zero-order valence-corrected chi connectivity index (χ0v) is 21.3. The van der Waals surface area contributed by atoms with Crippen LogP contribution >= 0.6 is 11.8 Å². The van der Waals surface area contributed by atoms with E-state index in [0.29, 0.717) is 0 Å². The van der Waals surface area contributed by atoms with E-state index < -0.39 is 0 Å². The van der Waals surface area contributed by atoms with Gasteiger partial charge in [0, 0.05) is 15.5 Å². The number of rotatable bonds is 3. The first-order chi connectivity index (χ1) is 16.8. The van der Waals surface area contributed by atoms with Crippen LogP contribution in [0.3, 0.4) is 0 Å². The second kappa shape index (κ2) is 8.30. The Morgan fingerprint density at radius 2 is 1.29 bits per heavy atom. The molecular formula is C30H28BNO2S. The molecule has 1 fully saturated rings. The summed E-state index contributed by atoms with van der Waals surface area (Å²) in [5.74, 6) is 0. The van der Waals surface area contributed by atoms with Crippen molar-refractivity contribution in [3.63, 3.8) is 0 Å². The van der Waals surface area contributed by atoms with Crippen molar-refractivity contribution >= 4 is 41.4 Å². The van der Waals surface area contributed by atoms with Crippen LogP contribution in [-0.4, -0.2) is 18.3 Å². The lowest BCUT2D eigenvalue weighted by Gasteiger charge is -2.33. The third-order valence-electron chi connectivity index (χ3n) is 7.29. The summed E-state index contributed by atoms with van der Waals surface area (Å²) < 4.78 is 12.7. The lowest BCUT2D eigenvalue weighted by molar-refractivity contribution is 0.00578. The fourth-order valence-corrected chi connectivity index (χ4v) is 5.74. The van der Waals surface area contributed by atoms with Crippen molar-refractivity contribution in [1.29, 1.82) is 0 Å². The molecule has 35 heavy (non-hydrogen) atoms. The van der Waals surface area contributed by atoms with E-state index in [2.05, 4.69) is 130 Å². The second-order valence-electron chi connectivity index (χ2n) is 10.1. The Bertz CT molecular complexity index is 1390. The summed E-state index contributed by atoms with van der Waals surface area (Å²) in [7, 11) is -0.377. The summed E-state index contributed by atoms with van der Waals surface area (Å²) >= 11 is 1.80. The van der Waals surface area contributed by atoms with E-state index in [9.17, 15) is 0 Å². The summed E-state index contributed by atoms with van der Waals surface area (Å²) in [6.07, 6.45) is 0. The number of nitrogens with zero attached hydrogens (tertiary/aromatic N) is 1. The molecule has 4 aromatic carbocycles. The molecule has 0 bridgehead atoms. The van der Waals surface area contributed by atoms with Gasteiger partial charge in [0.2, 0.25) is 0 Å². The first kappa shape index (κ1) is 22.5. The molecule has 0 aliphatic carbocycles. The highest BCUT2D eigenvalue weighted by molar-refractivity contribution is 7.99. The van der Waals surface area contributed by atoms with Crippen LogP contribution in [0, 0.1) is 0 Å². The maximum Gasteiger partial charge on any atom is 0.494 e. The van der Waals surface area contributed by atoms with E-state index in [4.69, 9.17) is 9.31 Å². The summed E-state index contributed by atoms with van der Waals surface area (Å²) in [6.45, 7) is 8.38. The Hall–Kier alpha value is -2.99. The van der Waals surface area contributed by atoms with Gasteiger partial charge >= 0.3 is 7.12 Å². The van der Waals surface area contributed by atoms with Crippen molar-refractivity contribution in [2.24, 2.45) is 0 Å². The normalized spacial score (nSPS) is 17.7. The third kappa shape index (κ3) is 3.88. The Balaban J connectivity index is 1.44. The zero-order valence-electron chi connectivity index (χ0n) is 20.5. The van der Waals surface area contributed by atoms with Crippen LogP contribution in [0.1, 0.15) is 27.7 Å². The minimum absolute atomic E-state index is 0.364. The van der Waals surface area contributed by atoms with Crippen LogP contribution in [0.2, 0.25) is 0 Å². The fraction of sp³-hybridized carbons (Fsp3) is 0.200. The van der Waals surface area contributed by atoms with Gasteiger partial charge in [-0.3, -0.25) is 0 Å². The average Bonchev–Trinajstić information content (AvgIpc) is 3.09. The van der Waals surface area contributed by atoms with E-state index >= 15 is 0 Å². The molecule has 5 heteroatoms. The molecule has 0 unspecified atom stereocenters. The number of hydrogen-bond acceptors (Lipinski definition) is 4. The highest BCUT2D eigenvalue weighted by Crippen LogP contribution is 2.51. The van der Waals surface area contributed by atoms with Crippen LogP contribution in [0.5, 0.6) is 0 Å². The molecule has 1 saturated heterocycles. The van der Waals surface area contributed by atoms with Gasteiger partial charge in [-0.05, 0) is 80.7 Å². The van der Waals surface area contributed by atoms with Crippen molar-refractivity contribution < 1.29 is 9.31 Å². The van der Waals surface area contributed by atoms with Gasteiger partial charge in [-0.15, -0.1) is 0 Å². The zero-order chi connectivity index (χ0) is 24.2. The first-order valence-corrected chi connectivity index (χ1v) is 12.9. The molecule has 6 rings (SSSR count). The molecule has 2 aliphatic heterocycles. The molecule has 4 aromatic rings. The summed E-state index contributed by atoms with van der Waals surface area (Å²) in [4.78, 5) is 4.79. The van der Waals surface area contributed by atoms with Gasteiger partial charge in [0.05, 0.1) is 22.6 Å². The van der Waals surface area contributed by atoms with E-state index in [1.54, 1.807) is 11.8 Å². The van der Waals surface area contributed by atoms with Crippen LogP contribution < -0.4 is 10.4 Å². The van der Waals surface area contributed by atoms with Gasteiger partial charge in [0.15, 0.2) is 0 Å². The van der Waals surface area contributed by atoms with Gasteiger partial charge in [0.25, 0.3) is 0 Å². The topological polar surface area (TPSA) is 21.7 Å². The minimum atomic E-state index is -0.377. The molecule has 2 aliphatic rings. The molecule has 0 aromatic heterocycles. The molecular weight excluding hydrogens is 449 g/mol. The van der Waals surface area contributed by atoms with E-state index in [0.717, 1.165) is 11.2 Å². The van der Waals surface area contributed by atoms with Gasteiger partial charge in [-0.2, -0.15) is 0 Å². The van der Waals surface area contributed by atoms with Crippen LogP contribution in [0.4, 0.5) is 17.1 Å². The van der Waals surface area contributed by atoms with Crippen LogP contribution in [0.15, 0.2) is 107 Å². The lowest BCUT2D eigenvalue weighted by Crippen LogP contribution is -2.41. The maximum atomic E-state index is 6.34. The van der Waals surface area contributed by atoms with Crippen LogP contribution in [0.25, 0.3) is 11.1 Å². The second-order valence-corrected chi connectivity index (χ2v) is 11.2. The lowest BCUT2D eigenvalue weighted by atomic mass is 9.79. The Labute approximate surface area is 212 Å². The predicted octanol–water partition coefficient (Wildman–Crippen LogP) is 7.59. The van der Waals surface area contributed by atoms with Crippen molar-refractivity contribution in [2.75, 3.05) is 4.90 Å². The number of benzene rings is 4. The molecule has 174 valence electrons. The highest BCUT2D eigenvalue weighted by Gasteiger charge is 2.51. The SMILES string of the molecule is CC1(C)OB(c2ccc3c(c2)Sc2ccccc2N3c2cccc(-c3ccccc3)c2)OC1(C)C. The number of hydrogen-bond donors (Lipinski definition) is 0. The number of para-hydroxylation sites is 1.